The lowest BCUT2D eigenvalue weighted by atomic mass is 10.2. The molecule has 2 N–H and O–H groups in total. The number of aliphatic hydroxyl groups excluding tert-OH is 1. The van der Waals surface area contributed by atoms with Gasteiger partial charge in [-0.1, -0.05) is 11.6 Å². The number of hydrogen-bond donors (Lipinski definition) is 2. The molecule has 0 aliphatic rings. The topological polar surface area (TPSA) is 77.0 Å². The first-order valence-corrected chi connectivity index (χ1v) is 5.90. The highest BCUT2D eigenvalue weighted by atomic mass is 35.5. The zero-order chi connectivity index (χ0) is 14.3. The van der Waals surface area contributed by atoms with E-state index in [1.807, 2.05) is 0 Å². The van der Waals surface area contributed by atoms with Crippen LogP contribution in [0, 0.1) is 0 Å². The zero-order valence-electron chi connectivity index (χ0n) is 10.7. The van der Waals surface area contributed by atoms with E-state index in [1.165, 1.54) is 14.2 Å². The minimum atomic E-state index is -0.365. The minimum absolute atomic E-state index is 0.106. The molecule has 0 aromatic heterocycles. The predicted molar refractivity (Wildman–Crippen MR) is 71.1 cm³/mol. The highest BCUT2D eigenvalue weighted by Crippen LogP contribution is 2.35. The summed E-state index contributed by atoms with van der Waals surface area (Å²) >= 11 is 5.95. The molecule has 0 aliphatic carbocycles. The van der Waals surface area contributed by atoms with Crippen LogP contribution in [0.5, 0.6) is 11.5 Å². The fourth-order valence-corrected chi connectivity index (χ4v) is 1.60. The molecular weight excluding hydrogens is 274 g/mol. The Hall–Kier alpha value is -1.50. The highest BCUT2D eigenvalue weighted by molar-refractivity contribution is 6.32. The molecule has 19 heavy (non-hydrogen) atoms. The van der Waals surface area contributed by atoms with Crippen molar-refractivity contribution in [3.63, 3.8) is 0 Å². The Kier molecular flexibility index (Phi) is 6.41. The molecule has 7 heteroatoms. The molecule has 0 atom stereocenters. The molecule has 106 valence electrons. The molecule has 0 saturated heterocycles. The first-order valence-electron chi connectivity index (χ1n) is 5.52. The quantitative estimate of drug-likeness (QED) is 0.740. The van der Waals surface area contributed by atoms with Gasteiger partial charge in [0.1, 0.15) is 18.1 Å². The molecule has 1 amide bonds. The van der Waals surface area contributed by atoms with Gasteiger partial charge >= 0.3 is 0 Å². The highest BCUT2D eigenvalue weighted by Gasteiger charge is 2.12. The van der Waals surface area contributed by atoms with E-state index < -0.39 is 0 Å². The van der Waals surface area contributed by atoms with Crippen LogP contribution < -0.4 is 14.8 Å². The molecule has 0 unspecified atom stereocenters. The van der Waals surface area contributed by atoms with Crippen molar-refractivity contribution in [3.05, 3.63) is 17.2 Å². The van der Waals surface area contributed by atoms with Crippen LogP contribution in [0.3, 0.4) is 0 Å². The maximum Gasteiger partial charge on any atom is 0.250 e. The number of aliphatic hydroxyl groups is 1. The number of amides is 1. The smallest absolute Gasteiger partial charge is 0.250 e. The van der Waals surface area contributed by atoms with E-state index in [4.69, 9.17) is 30.9 Å². The van der Waals surface area contributed by atoms with Crippen LogP contribution >= 0.6 is 11.6 Å². The fraction of sp³-hybridized carbons (Fsp3) is 0.417. The molecule has 0 saturated carbocycles. The molecule has 0 fully saturated rings. The third-order valence-electron chi connectivity index (χ3n) is 2.22. The second kappa shape index (κ2) is 7.83. The number of rotatable bonds is 7. The standard InChI is InChI=1S/C12H16ClNO5/c1-17-10-6-9(11(18-2)5-8(10)13)14-12(16)7-19-4-3-15/h5-6,15H,3-4,7H2,1-2H3,(H,14,16). The maximum atomic E-state index is 11.6. The normalized spacial score (nSPS) is 10.1. The molecule has 6 nitrogen and oxygen atoms in total. The van der Waals surface area contributed by atoms with Gasteiger partial charge in [-0.25, -0.2) is 0 Å². The molecular formula is C12H16ClNO5. The van der Waals surface area contributed by atoms with Gasteiger partial charge < -0.3 is 24.6 Å². The van der Waals surface area contributed by atoms with E-state index >= 15 is 0 Å². The van der Waals surface area contributed by atoms with Crippen LogP contribution in [0.2, 0.25) is 5.02 Å². The maximum absolute atomic E-state index is 11.6. The van der Waals surface area contributed by atoms with Crippen molar-refractivity contribution in [1.29, 1.82) is 0 Å². The van der Waals surface area contributed by atoms with Gasteiger partial charge in [0.25, 0.3) is 0 Å². The van der Waals surface area contributed by atoms with Crippen LogP contribution in [-0.2, 0) is 9.53 Å². The van der Waals surface area contributed by atoms with E-state index in [9.17, 15) is 4.79 Å². The molecule has 0 heterocycles. The molecule has 1 aromatic carbocycles. The van der Waals surface area contributed by atoms with Crippen molar-refractivity contribution in [2.24, 2.45) is 0 Å². The Balaban J connectivity index is 2.78. The van der Waals surface area contributed by atoms with Gasteiger partial charge in [-0.15, -0.1) is 0 Å². The van der Waals surface area contributed by atoms with Crippen LogP contribution in [0.1, 0.15) is 0 Å². The summed E-state index contributed by atoms with van der Waals surface area (Å²) in [6.45, 7) is -0.186. The van der Waals surface area contributed by atoms with Crippen molar-refractivity contribution in [3.8, 4) is 11.5 Å². The largest absolute Gasteiger partial charge is 0.495 e. The van der Waals surface area contributed by atoms with Crippen molar-refractivity contribution in [2.75, 3.05) is 39.4 Å². The van der Waals surface area contributed by atoms with Gasteiger partial charge in [-0.3, -0.25) is 4.79 Å². The molecule has 1 aromatic rings. The van der Waals surface area contributed by atoms with E-state index in [-0.39, 0.29) is 25.7 Å². The number of hydrogen-bond acceptors (Lipinski definition) is 5. The van der Waals surface area contributed by atoms with Gasteiger partial charge in [0.2, 0.25) is 5.91 Å². The monoisotopic (exact) mass is 289 g/mol. The fourth-order valence-electron chi connectivity index (χ4n) is 1.37. The van der Waals surface area contributed by atoms with Crippen LogP contribution in [0.25, 0.3) is 0 Å². The van der Waals surface area contributed by atoms with E-state index in [0.29, 0.717) is 22.2 Å². The lowest BCUT2D eigenvalue weighted by molar-refractivity contribution is -0.120. The number of anilines is 1. The molecule has 0 radical (unpaired) electrons. The van der Waals surface area contributed by atoms with Gasteiger partial charge in [0, 0.05) is 12.1 Å². The second-order valence-electron chi connectivity index (χ2n) is 3.51. The SMILES string of the molecule is COc1cc(NC(=O)COCCO)c(OC)cc1Cl. The lowest BCUT2D eigenvalue weighted by Gasteiger charge is -2.13. The summed E-state index contributed by atoms with van der Waals surface area (Å²) in [5, 5.41) is 11.5. The average molecular weight is 290 g/mol. The average Bonchev–Trinajstić information content (AvgIpc) is 2.40. The molecule has 0 bridgehead atoms. The number of halogens is 1. The summed E-state index contributed by atoms with van der Waals surface area (Å²) in [5.74, 6) is 0.478. The first kappa shape index (κ1) is 15.6. The van der Waals surface area contributed by atoms with Crippen molar-refractivity contribution < 1.29 is 24.1 Å². The molecule has 1 rings (SSSR count). The number of ether oxygens (including phenoxy) is 3. The third-order valence-corrected chi connectivity index (χ3v) is 2.51. The Morgan fingerprint density at radius 2 is 2.00 bits per heavy atom. The molecule has 0 aliphatic heterocycles. The summed E-state index contributed by atoms with van der Waals surface area (Å²) < 4.78 is 15.1. The Morgan fingerprint density at radius 1 is 1.32 bits per heavy atom. The summed E-state index contributed by atoms with van der Waals surface area (Å²) in [6, 6.07) is 3.11. The number of carbonyl (C=O) groups is 1. The van der Waals surface area contributed by atoms with Crippen LogP contribution in [0.4, 0.5) is 5.69 Å². The van der Waals surface area contributed by atoms with Crippen molar-refractivity contribution >= 4 is 23.2 Å². The second-order valence-corrected chi connectivity index (χ2v) is 3.92. The summed E-state index contributed by atoms with van der Waals surface area (Å²) in [5.41, 5.74) is 0.432. The van der Waals surface area contributed by atoms with E-state index in [0.717, 1.165) is 0 Å². The third kappa shape index (κ3) is 4.59. The van der Waals surface area contributed by atoms with E-state index in [1.54, 1.807) is 12.1 Å². The number of nitrogens with one attached hydrogen (secondary N) is 1. The Labute approximate surface area is 116 Å². The zero-order valence-corrected chi connectivity index (χ0v) is 11.5. The number of carbonyl (C=O) groups excluding carboxylic acids is 1. The van der Waals surface area contributed by atoms with Crippen LogP contribution in [0.15, 0.2) is 12.1 Å². The number of benzene rings is 1. The summed E-state index contributed by atoms with van der Waals surface area (Å²) in [6.07, 6.45) is 0. The van der Waals surface area contributed by atoms with Gasteiger partial charge in [-0.05, 0) is 0 Å². The summed E-state index contributed by atoms with van der Waals surface area (Å²) in [7, 11) is 2.94. The Morgan fingerprint density at radius 3 is 2.58 bits per heavy atom. The van der Waals surface area contributed by atoms with Crippen molar-refractivity contribution in [2.45, 2.75) is 0 Å². The molecule has 0 spiro atoms. The first-order chi connectivity index (χ1) is 9.12. The minimum Gasteiger partial charge on any atom is -0.495 e. The van der Waals surface area contributed by atoms with Gasteiger partial charge in [0.05, 0.1) is 38.1 Å². The summed E-state index contributed by atoms with van der Waals surface area (Å²) in [4.78, 5) is 11.6. The Bertz CT molecular complexity index is 438. The number of methoxy groups -OCH3 is 2. The van der Waals surface area contributed by atoms with Crippen LogP contribution in [-0.4, -0.2) is 45.1 Å². The van der Waals surface area contributed by atoms with Crippen molar-refractivity contribution in [1.82, 2.24) is 0 Å². The van der Waals surface area contributed by atoms with E-state index in [2.05, 4.69) is 5.32 Å². The van der Waals surface area contributed by atoms with Gasteiger partial charge in [-0.2, -0.15) is 0 Å². The lowest BCUT2D eigenvalue weighted by Crippen LogP contribution is -2.19. The van der Waals surface area contributed by atoms with Gasteiger partial charge in [0.15, 0.2) is 0 Å². The predicted octanol–water partition coefficient (Wildman–Crippen LogP) is 1.30.